The highest BCUT2D eigenvalue weighted by atomic mass is 19.1. The first-order valence-electron chi connectivity index (χ1n) is 6.81. The third kappa shape index (κ3) is 5.50. The standard InChI is InChI=1S/C15H24FNO/c1-3-10-17-11-6-4-5-7-13-8-9-15(18-2)14(16)12-13/h8-9,12,17H,3-7,10-11H2,1-2H3. The van der Waals surface area contributed by atoms with Crippen molar-refractivity contribution in [2.24, 2.45) is 0 Å². The van der Waals surface area contributed by atoms with Crippen molar-refractivity contribution in [2.75, 3.05) is 20.2 Å². The Hall–Kier alpha value is -1.09. The van der Waals surface area contributed by atoms with E-state index in [9.17, 15) is 4.39 Å². The third-order valence-electron chi connectivity index (χ3n) is 2.96. The highest BCUT2D eigenvalue weighted by Crippen LogP contribution is 2.18. The van der Waals surface area contributed by atoms with E-state index in [4.69, 9.17) is 4.74 Å². The van der Waals surface area contributed by atoms with E-state index < -0.39 is 0 Å². The van der Waals surface area contributed by atoms with Crippen LogP contribution in [0.15, 0.2) is 18.2 Å². The van der Waals surface area contributed by atoms with Crippen LogP contribution in [0.5, 0.6) is 5.75 Å². The van der Waals surface area contributed by atoms with Crippen LogP contribution in [-0.2, 0) is 6.42 Å². The van der Waals surface area contributed by atoms with E-state index in [0.717, 1.165) is 31.5 Å². The predicted octanol–water partition coefficient (Wildman–Crippen LogP) is 3.55. The maximum atomic E-state index is 13.4. The minimum absolute atomic E-state index is 0.264. The lowest BCUT2D eigenvalue weighted by atomic mass is 10.1. The number of methoxy groups -OCH3 is 1. The number of nitrogens with one attached hydrogen (secondary N) is 1. The quantitative estimate of drug-likeness (QED) is 0.680. The van der Waals surface area contributed by atoms with E-state index in [1.54, 1.807) is 12.1 Å². The Kier molecular flexibility index (Phi) is 7.42. The van der Waals surface area contributed by atoms with Gasteiger partial charge in [-0.05, 0) is 56.5 Å². The van der Waals surface area contributed by atoms with Crippen molar-refractivity contribution in [3.05, 3.63) is 29.6 Å². The summed E-state index contributed by atoms with van der Waals surface area (Å²) in [6, 6.07) is 5.22. The van der Waals surface area contributed by atoms with Gasteiger partial charge in [0.2, 0.25) is 0 Å². The lowest BCUT2D eigenvalue weighted by molar-refractivity contribution is 0.386. The molecule has 0 bridgehead atoms. The van der Waals surface area contributed by atoms with Crippen LogP contribution in [0.2, 0.25) is 0 Å². The van der Waals surface area contributed by atoms with Crippen molar-refractivity contribution in [3.63, 3.8) is 0 Å². The van der Waals surface area contributed by atoms with Gasteiger partial charge in [-0.1, -0.05) is 19.4 Å². The zero-order valence-corrected chi connectivity index (χ0v) is 11.5. The van der Waals surface area contributed by atoms with Crippen molar-refractivity contribution in [1.29, 1.82) is 0 Å². The Bertz CT molecular complexity index is 341. The number of hydrogen-bond donors (Lipinski definition) is 1. The normalized spacial score (nSPS) is 10.6. The summed E-state index contributed by atoms with van der Waals surface area (Å²) < 4.78 is 18.3. The summed E-state index contributed by atoms with van der Waals surface area (Å²) in [5, 5.41) is 3.38. The molecule has 0 amide bonds. The van der Waals surface area contributed by atoms with E-state index >= 15 is 0 Å². The molecular weight excluding hydrogens is 229 g/mol. The Morgan fingerprint density at radius 3 is 2.67 bits per heavy atom. The van der Waals surface area contributed by atoms with Crippen LogP contribution in [0.25, 0.3) is 0 Å². The predicted molar refractivity (Wildman–Crippen MR) is 73.7 cm³/mol. The van der Waals surface area contributed by atoms with Gasteiger partial charge in [-0.15, -0.1) is 0 Å². The van der Waals surface area contributed by atoms with Gasteiger partial charge in [0.25, 0.3) is 0 Å². The molecule has 0 unspecified atom stereocenters. The summed E-state index contributed by atoms with van der Waals surface area (Å²) in [6.45, 7) is 4.36. The molecule has 1 aromatic rings. The first-order valence-corrected chi connectivity index (χ1v) is 6.81. The zero-order valence-electron chi connectivity index (χ0n) is 11.5. The number of benzene rings is 1. The molecule has 0 atom stereocenters. The van der Waals surface area contributed by atoms with E-state index in [-0.39, 0.29) is 5.82 Å². The summed E-state index contributed by atoms with van der Waals surface area (Å²) in [4.78, 5) is 0. The fraction of sp³-hybridized carbons (Fsp3) is 0.600. The van der Waals surface area contributed by atoms with Crippen molar-refractivity contribution in [3.8, 4) is 5.75 Å². The van der Waals surface area contributed by atoms with Gasteiger partial charge in [0.1, 0.15) is 0 Å². The summed E-state index contributed by atoms with van der Waals surface area (Å²) in [5.41, 5.74) is 1.05. The molecule has 0 spiro atoms. The van der Waals surface area contributed by atoms with Crippen molar-refractivity contribution in [1.82, 2.24) is 5.32 Å². The van der Waals surface area contributed by atoms with Crippen LogP contribution < -0.4 is 10.1 Å². The topological polar surface area (TPSA) is 21.3 Å². The number of hydrogen-bond acceptors (Lipinski definition) is 2. The van der Waals surface area contributed by atoms with E-state index in [1.165, 1.54) is 26.4 Å². The summed E-state index contributed by atoms with van der Waals surface area (Å²) >= 11 is 0. The summed E-state index contributed by atoms with van der Waals surface area (Å²) in [7, 11) is 1.49. The molecule has 0 saturated heterocycles. The molecule has 2 nitrogen and oxygen atoms in total. The zero-order chi connectivity index (χ0) is 13.2. The molecule has 0 fully saturated rings. The Morgan fingerprint density at radius 1 is 1.17 bits per heavy atom. The van der Waals surface area contributed by atoms with Gasteiger partial charge in [0.15, 0.2) is 11.6 Å². The monoisotopic (exact) mass is 253 g/mol. The van der Waals surface area contributed by atoms with Gasteiger partial charge in [0.05, 0.1) is 7.11 Å². The van der Waals surface area contributed by atoms with Gasteiger partial charge in [-0.3, -0.25) is 0 Å². The average Bonchev–Trinajstić information content (AvgIpc) is 2.38. The van der Waals surface area contributed by atoms with Crippen LogP contribution in [0.3, 0.4) is 0 Å². The molecule has 0 heterocycles. The first-order chi connectivity index (χ1) is 8.77. The van der Waals surface area contributed by atoms with Crippen LogP contribution >= 0.6 is 0 Å². The molecule has 0 aliphatic heterocycles. The van der Waals surface area contributed by atoms with Gasteiger partial charge in [0, 0.05) is 0 Å². The van der Waals surface area contributed by atoms with Gasteiger partial charge in [-0.2, -0.15) is 0 Å². The molecule has 0 aliphatic rings. The molecule has 0 saturated carbocycles. The Balaban J connectivity index is 2.17. The second kappa shape index (κ2) is 8.92. The summed E-state index contributed by atoms with van der Waals surface area (Å²) in [6.07, 6.45) is 5.61. The lowest BCUT2D eigenvalue weighted by Gasteiger charge is -2.06. The largest absolute Gasteiger partial charge is 0.494 e. The number of aryl methyl sites for hydroxylation is 1. The van der Waals surface area contributed by atoms with Crippen molar-refractivity contribution in [2.45, 2.75) is 39.0 Å². The maximum absolute atomic E-state index is 13.4. The molecule has 0 radical (unpaired) electrons. The maximum Gasteiger partial charge on any atom is 0.165 e. The number of halogens is 1. The number of rotatable bonds is 9. The lowest BCUT2D eigenvalue weighted by Crippen LogP contribution is -2.15. The Labute approximate surface area is 110 Å². The highest BCUT2D eigenvalue weighted by molar-refractivity contribution is 5.29. The SMILES string of the molecule is CCCNCCCCCc1ccc(OC)c(F)c1. The fourth-order valence-corrected chi connectivity index (χ4v) is 1.92. The average molecular weight is 253 g/mol. The highest BCUT2D eigenvalue weighted by Gasteiger charge is 2.02. The van der Waals surface area contributed by atoms with Crippen molar-refractivity contribution >= 4 is 0 Å². The van der Waals surface area contributed by atoms with Crippen molar-refractivity contribution < 1.29 is 9.13 Å². The van der Waals surface area contributed by atoms with Crippen LogP contribution in [0.1, 0.15) is 38.2 Å². The first kappa shape index (κ1) is 15.0. The molecule has 1 rings (SSSR count). The minimum Gasteiger partial charge on any atom is -0.494 e. The molecule has 18 heavy (non-hydrogen) atoms. The molecule has 102 valence electrons. The van der Waals surface area contributed by atoms with E-state index in [2.05, 4.69) is 12.2 Å². The molecule has 0 aliphatic carbocycles. The van der Waals surface area contributed by atoms with Gasteiger partial charge in [-0.25, -0.2) is 4.39 Å². The molecular formula is C15H24FNO. The second-order valence-corrected chi connectivity index (χ2v) is 4.53. The van der Waals surface area contributed by atoms with E-state index in [0.29, 0.717) is 5.75 Å². The number of ether oxygens (including phenoxy) is 1. The van der Waals surface area contributed by atoms with Crippen LogP contribution in [0, 0.1) is 5.82 Å². The fourth-order valence-electron chi connectivity index (χ4n) is 1.92. The number of unbranched alkanes of at least 4 members (excludes halogenated alkanes) is 2. The van der Waals surface area contributed by atoms with Gasteiger partial charge < -0.3 is 10.1 Å². The minimum atomic E-state index is -0.264. The second-order valence-electron chi connectivity index (χ2n) is 4.53. The van der Waals surface area contributed by atoms with Gasteiger partial charge >= 0.3 is 0 Å². The third-order valence-corrected chi connectivity index (χ3v) is 2.96. The molecule has 3 heteroatoms. The smallest absolute Gasteiger partial charge is 0.165 e. The Morgan fingerprint density at radius 2 is 2.00 bits per heavy atom. The molecule has 0 aromatic heterocycles. The summed E-state index contributed by atoms with van der Waals surface area (Å²) in [5.74, 6) is 0.0575. The van der Waals surface area contributed by atoms with Crippen LogP contribution in [0.4, 0.5) is 4.39 Å². The van der Waals surface area contributed by atoms with Crippen LogP contribution in [-0.4, -0.2) is 20.2 Å². The van der Waals surface area contributed by atoms with E-state index in [1.807, 2.05) is 6.07 Å². The molecule has 1 aromatic carbocycles. The molecule has 1 N–H and O–H groups in total.